The highest BCUT2D eigenvalue weighted by Crippen LogP contribution is 2.45. The highest BCUT2D eigenvalue weighted by atomic mass is 16.5. The van der Waals surface area contributed by atoms with Crippen LogP contribution in [-0.2, 0) is 6.54 Å². The van der Waals surface area contributed by atoms with Crippen LogP contribution < -0.4 is 4.74 Å². The van der Waals surface area contributed by atoms with Gasteiger partial charge in [-0.2, -0.15) is 5.10 Å². The number of fused-ring (bicyclic) bond motifs is 1. The van der Waals surface area contributed by atoms with Crippen molar-refractivity contribution in [2.45, 2.75) is 26.4 Å². The monoisotopic (exact) mass is 439 g/mol. The zero-order chi connectivity index (χ0) is 23.1. The summed E-state index contributed by atoms with van der Waals surface area (Å²) in [6.45, 7) is 4.29. The number of aromatic amines is 1. The summed E-state index contributed by atoms with van der Waals surface area (Å²) in [7, 11) is 1.63. The van der Waals surface area contributed by atoms with Gasteiger partial charge in [0.05, 0.1) is 13.2 Å². The van der Waals surface area contributed by atoms with Crippen molar-refractivity contribution < 1.29 is 14.6 Å². The number of aryl methyl sites for hydroxylation is 2. The maximum Gasteiger partial charge on any atom is 0.273 e. The summed E-state index contributed by atoms with van der Waals surface area (Å²) in [6.07, 6.45) is 0. The van der Waals surface area contributed by atoms with Crippen LogP contribution in [0.15, 0.2) is 66.7 Å². The Morgan fingerprint density at radius 1 is 1.06 bits per heavy atom. The molecule has 1 unspecified atom stereocenters. The van der Waals surface area contributed by atoms with Crippen LogP contribution in [0.2, 0.25) is 0 Å². The summed E-state index contributed by atoms with van der Waals surface area (Å²) in [5.74, 6) is 0.841. The van der Waals surface area contributed by atoms with Gasteiger partial charge in [0.2, 0.25) is 0 Å². The molecule has 0 bridgehead atoms. The largest absolute Gasteiger partial charge is 0.507 e. The molecule has 5 rings (SSSR count). The van der Waals surface area contributed by atoms with E-state index in [1.807, 2.05) is 85.5 Å². The van der Waals surface area contributed by atoms with Gasteiger partial charge in [-0.15, -0.1) is 0 Å². The van der Waals surface area contributed by atoms with E-state index >= 15 is 0 Å². The van der Waals surface area contributed by atoms with Crippen molar-refractivity contribution in [2.75, 3.05) is 7.11 Å². The van der Waals surface area contributed by atoms with E-state index in [4.69, 9.17) is 4.74 Å². The second-order valence-electron chi connectivity index (χ2n) is 8.43. The molecular formula is C27H25N3O3. The molecule has 2 heterocycles. The molecule has 0 spiro atoms. The van der Waals surface area contributed by atoms with E-state index in [9.17, 15) is 9.90 Å². The predicted octanol–water partition coefficient (Wildman–Crippen LogP) is 5.15. The number of phenols is 1. The number of carbonyl (C=O) groups excluding carboxylic acids is 1. The van der Waals surface area contributed by atoms with Crippen molar-refractivity contribution in [3.05, 3.63) is 100 Å². The van der Waals surface area contributed by atoms with Gasteiger partial charge in [0, 0.05) is 17.7 Å². The molecule has 0 radical (unpaired) electrons. The van der Waals surface area contributed by atoms with Gasteiger partial charge in [0.1, 0.15) is 22.9 Å². The molecule has 1 aliphatic rings. The molecule has 2 N–H and O–H groups in total. The number of hydrogen-bond acceptors (Lipinski definition) is 4. The summed E-state index contributed by atoms with van der Waals surface area (Å²) in [5, 5.41) is 18.3. The lowest BCUT2D eigenvalue weighted by Crippen LogP contribution is -2.29. The molecule has 0 saturated carbocycles. The fourth-order valence-electron chi connectivity index (χ4n) is 4.62. The number of H-pyrrole nitrogens is 1. The molecule has 4 aromatic rings. The van der Waals surface area contributed by atoms with Crippen molar-refractivity contribution >= 4 is 5.91 Å². The Hall–Kier alpha value is -4.06. The fraction of sp³-hybridized carbons (Fsp3) is 0.185. The number of carbonyl (C=O) groups is 1. The zero-order valence-electron chi connectivity index (χ0n) is 18.8. The smallest absolute Gasteiger partial charge is 0.273 e. The van der Waals surface area contributed by atoms with Crippen LogP contribution in [0.4, 0.5) is 0 Å². The number of hydrogen-bond donors (Lipinski definition) is 2. The van der Waals surface area contributed by atoms with Crippen LogP contribution in [-0.4, -0.2) is 33.2 Å². The van der Waals surface area contributed by atoms with E-state index in [2.05, 4.69) is 10.2 Å². The quantitative estimate of drug-likeness (QED) is 0.451. The van der Waals surface area contributed by atoms with Gasteiger partial charge < -0.3 is 14.7 Å². The van der Waals surface area contributed by atoms with Crippen molar-refractivity contribution in [3.8, 4) is 22.8 Å². The molecule has 6 heteroatoms. The molecular weight excluding hydrogens is 414 g/mol. The second kappa shape index (κ2) is 8.13. The minimum absolute atomic E-state index is 0.114. The van der Waals surface area contributed by atoms with E-state index in [0.29, 0.717) is 23.5 Å². The first-order valence-corrected chi connectivity index (χ1v) is 10.9. The Balaban J connectivity index is 1.64. The van der Waals surface area contributed by atoms with Crippen molar-refractivity contribution in [1.82, 2.24) is 15.1 Å². The maximum atomic E-state index is 13.5. The number of aromatic nitrogens is 2. The minimum atomic E-state index is -0.329. The lowest BCUT2D eigenvalue weighted by molar-refractivity contribution is 0.0730. The van der Waals surface area contributed by atoms with Crippen LogP contribution in [0, 0.1) is 13.8 Å². The highest BCUT2D eigenvalue weighted by molar-refractivity contribution is 6.00. The van der Waals surface area contributed by atoms with E-state index in [1.165, 1.54) is 0 Å². The molecule has 0 saturated heterocycles. The molecule has 0 aliphatic carbocycles. The number of benzene rings is 3. The lowest BCUT2D eigenvalue weighted by Gasteiger charge is -2.26. The molecule has 166 valence electrons. The summed E-state index contributed by atoms with van der Waals surface area (Å²) in [5.41, 5.74) is 6.28. The second-order valence-corrected chi connectivity index (χ2v) is 8.43. The first-order valence-electron chi connectivity index (χ1n) is 10.9. The van der Waals surface area contributed by atoms with Gasteiger partial charge in [-0.05, 0) is 54.3 Å². The van der Waals surface area contributed by atoms with Gasteiger partial charge in [0.15, 0.2) is 0 Å². The molecule has 1 atom stereocenters. The van der Waals surface area contributed by atoms with Crippen LogP contribution in [0.5, 0.6) is 11.5 Å². The minimum Gasteiger partial charge on any atom is -0.507 e. The predicted molar refractivity (Wildman–Crippen MR) is 126 cm³/mol. The fourth-order valence-corrected chi connectivity index (χ4v) is 4.62. The number of rotatable bonds is 5. The standard InChI is InChI=1S/C27H25N3O3/c1-16-13-17(2)26(31)21(14-16)23-22-24(29-28-23)27(32)30(25(22)19-7-5-4-6-8-19)15-18-9-11-20(33-3)12-10-18/h4-14,25,31H,15H2,1-3H3,(H,28,29). The van der Waals surface area contributed by atoms with Crippen LogP contribution in [0.25, 0.3) is 11.3 Å². The summed E-state index contributed by atoms with van der Waals surface area (Å²) in [4.78, 5) is 15.4. The average molecular weight is 440 g/mol. The number of nitrogens with one attached hydrogen (secondary N) is 1. The van der Waals surface area contributed by atoms with Gasteiger partial charge >= 0.3 is 0 Å². The van der Waals surface area contributed by atoms with E-state index in [0.717, 1.165) is 33.6 Å². The number of phenolic OH excluding ortho intramolecular Hbond substituents is 1. The Morgan fingerprint density at radius 2 is 1.79 bits per heavy atom. The third kappa shape index (κ3) is 3.53. The van der Waals surface area contributed by atoms with Gasteiger partial charge in [-0.3, -0.25) is 9.89 Å². The maximum absolute atomic E-state index is 13.5. The summed E-state index contributed by atoms with van der Waals surface area (Å²) >= 11 is 0. The van der Waals surface area contributed by atoms with Crippen LogP contribution in [0.3, 0.4) is 0 Å². The Labute approximate surface area is 192 Å². The van der Waals surface area contributed by atoms with E-state index in [1.54, 1.807) is 7.11 Å². The molecule has 33 heavy (non-hydrogen) atoms. The number of amides is 1. The van der Waals surface area contributed by atoms with Crippen molar-refractivity contribution in [1.29, 1.82) is 0 Å². The van der Waals surface area contributed by atoms with Gasteiger partial charge in [-0.1, -0.05) is 48.5 Å². The molecule has 1 aliphatic heterocycles. The van der Waals surface area contributed by atoms with Gasteiger partial charge in [-0.25, -0.2) is 0 Å². The number of methoxy groups -OCH3 is 1. The Bertz CT molecular complexity index is 1330. The molecule has 1 aromatic heterocycles. The number of ether oxygens (including phenoxy) is 1. The first-order chi connectivity index (χ1) is 16.0. The first kappa shape index (κ1) is 20.8. The van der Waals surface area contributed by atoms with Crippen LogP contribution in [0.1, 0.15) is 44.3 Å². The number of aromatic hydroxyl groups is 1. The Kier molecular flexibility index (Phi) is 5.13. The third-order valence-corrected chi connectivity index (χ3v) is 6.19. The molecule has 0 fully saturated rings. The van der Waals surface area contributed by atoms with E-state index < -0.39 is 0 Å². The van der Waals surface area contributed by atoms with E-state index in [-0.39, 0.29) is 17.7 Å². The Morgan fingerprint density at radius 3 is 2.48 bits per heavy atom. The van der Waals surface area contributed by atoms with Gasteiger partial charge in [0.25, 0.3) is 5.91 Å². The average Bonchev–Trinajstić information content (AvgIpc) is 3.36. The topological polar surface area (TPSA) is 78.5 Å². The molecule has 3 aromatic carbocycles. The SMILES string of the molecule is COc1ccc(CN2C(=O)c3[nH]nc(-c4cc(C)cc(C)c4O)c3C2c2ccccc2)cc1. The van der Waals surface area contributed by atoms with Crippen molar-refractivity contribution in [3.63, 3.8) is 0 Å². The van der Waals surface area contributed by atoms with Crippen molar-refractivity contribution in [2.24, 2.45) is 0 Å². The normalized spacial score (nSPS) is 15.1. The molecule has 1 amide bonds. The lowest BCUT2D eigenvalue weighted by atomic mass is 9.94. The number of nitrogens with zero attached hydrogens (tertiary/aromatic N) is 2. The summed E-state index contributed by atoms with van der Waals surface area (Å²) < 4.78 is 5.27. The third-order valence-electron chi connectivity index (χ3n) is 6.19. The highest BCUT2D eigenvalue weighted by Gasteiger charge is 2.42. The molecule has 6 nitrogen and oxygen atoms in total. The van der Waals surface area contributed by atoms with Crippen LogP contribution >= 0.6 is 0 Å². The zero-order valence-corrected chi connectivity index (χ0v) is 18.8. The summed E-state index contributed by atoms with van der Waals surface area (Å²) in [6, 6.07) is 21.2.